The van der Waals surface area contributed by atoms with E-state index >= 15 is 0 Å². The summed E-state index contributed by atoms with van der Waals surface area (Å²) in [6.07, 6.45) is 7.10. The fourth-order valence-electron chi connectivity index (χ4n) is 1.97. The highest BCUT2D eigenvalue weighted by Crippen LogP contribution is 2.18. The van der Waals surface area contributed by atoms with Gasteiger partial charge in [-0.2, -0.15) is 0 Å². The van der Waals surface area contributed by atoms with E-state index in [9.17, 15) is 9.59 Å². The van der Waals surface area contributed by atoms with Gasteiger partial charge in [-0.15, -0.1) is 0 Å². The number of hydrogen-bond acceptors (Lipinski definition) is 2. The van der Waals surface area contributed by atoms with Crippen molar-refractivity contribution in [3.63, 3.8) is 0 Å². The van der Waals surface area contributed by atoms with Crippen LogP contribution in [0.25, 0.3) is 0 Å². The van der Waals surface area contributed by atoms with E-state index in [2.05, 4.69) is 17.5 Å². The average Bonchev–Trinajstić information content (AvgIpc) is 2.23. The molecule has 0 radical (unpaired) electrons. The van der Waals surface area contributed by atoms with Crippen molar-refractivity contribution in [3.8, 4) is 0 Å². The highest BCUT2D eigenvalue weighted by Gasteiger charge is 2.29. The molecule has 1 fully saturated rings. The second kappa shape index (κ2) is 3.82. The third-order valence-electron chi connectivity index (χ3n) is 2.75. The normalized spacial score (nSPS) is 27.7. The Labute approximate surface area is 83.0 Å². The van der Waals surface area contributed by atoms with Gasteiger partial charge in [0, 0.05) is 6.04 Å². The Morgan fingerprint density at radius 1 is 1.36 bits per heavy atom. The lowest BCUT2D eigenvalue weighted by Crippen LogP contribution is -2.55. The molecule has 2 amide bonds. The van der Waals surface area contributed by atoms with E-state index in [0.29, 0.717) is 0 Å². The number of carbonyl (C=O) groups excluding carboxylic acids is 2. The smallest absolute Gasteiger partial charge is 0.242 e. The van der Waals surface area contributed by atoms with Crippen molar-refractivity contribution in [1.82, 2.24) is 10.2 Å². The maximum atomic E-state index is 11.5. The zero-order valence-corrected chi connectivity index (χ0v) is 8.03. The van der Waals surface area contributed by atoms with Gasteiger partial charge in [0.2, 0.25) is 11.8 Å². The molecule has 0 aromatic carbocycles. The van der Waals surface area contributed by atoms with Crippen molar-refractivity contribution >= 4 is 11.8 Å². The summed E-state index contributed by atoms with van der Waals surface area (Å²) >= 11 is 0. The molecule has 1 unspecified atom stereocenters. The van der Waals surface area contributed by atoms with Crippen LogP contribution < -0.4 is 5.32 Å². The molecule has 1 saturated heterocycles. The summed E-state index contributed by atoms with van der Waals surface area (Å²) in [5.74, 6) is 0.00375. The molecule has 2 rings (SSSR count). The Balaban J connectivity index is 2.03. The SMILES string of the molecule is O=C1CN(C2CC=CCC2)C(=O)CN1. The first-order valence-corrected chi connectivity index (χ1v) is 4.98. The van der Waals surface area contributed by atoms with Gasteiger partial charge in [-0.25, -0.2) is 0 Å². The van der Waals surface area contributed by atoms with Gasteiger partial charge in [0.1, 0.15) is 0 Å². The second-order valence-corrected chi connectivity index (χ2v) is 3.74. The Bertz CT molecular complexity index is 286. The maximum absolute atomic E-state index is 11.5. The highest BCUT2D eigenvalue weighted by atomic mass is 16.2. The first kappa shape index (κ1) is 9.24. The van der Waals surface area contributed by atoms with Crippen LogP contribution in [-0.2, 0) is 9.59 Å². The lowest BCUT2D eigenvalue weighted by Gasteiger charge is -2.34. The topological polar surface area (TPSA) is 49.4 Å². The maximum Gasteiger partial charge on any atom is 0.242 e. The van der Waals surface area contributed by atoms with Crippen LogP contribution in [0.15, 0.2) is 12.2 Å². The number of rotatable bonds is 1. The van der Waals surface area contributed by atoms with Gasteiger partial charge >= 0.3 is 0 Å². The van der Waals surface area contributed by atoms with Crippen LogP contribution in [-0.4, -0.2) is 35.8 Å². The first-order chi connectivity index (χ1) is 6.77. The van der Waals surface area contributed by atoms with Crippen LogP contribution in [0, 0.1) is 0 Å². The molecule has 0 bridgehead atoms. The van der Waals surface area contributed by atoms with Gasteiger partial charge in [-0.1, -0.05) is 12.2 Å². The van der Waals surface area contributed by atoms with Crippen molar-refractivity contribution in [3.05, 3.63) is 12.2 Å². The second-order valence-electron chi connectivity index (χ2n) is 3.74. The van der Waals surface area contributed by atoms with Gasteiger partial charge in [0.05, 0.1) is 13.1 Å². The number of hydrogen-bond donors (Lipinski definition) is 1. The van der Waals surface area contributed by atoms with Crippen LogP contribution in [0.1, 0.15) is 19.3 Å². The average molecular weight is 194 g/mol. The molecule has 1 N–H and O–H groups in total. The molecule has 76 valence electrons. The van der Waals surface area contributed by atoms with E-state index in [1.165, 1.54) is 0 Å². The fourth-order valence-corrected chi connectivity index (χ4v) is 1.97. The number of piperazine rings is 1. The van der Waals surface area contributed by atoms with Crippen molar-refractivity contribution < 1.29 is 9.59 Å². The number of allylic oxidation sites excluding steroid dienone is 1. The molecule has 1 aliphatic carbocycles. The molecule has 2 aliphatic rings. The largest absolute Gasteiger partial charge is 0.345 e. The molecule has 0 aromatic heterocycles. The summed E-state index contributed by atoms with van der Waals surface area (Å²) in [5, 5.41) is 2.55. The number of nitrogens with one attached hydrogen (secondary N) is 1. The molecular weight excluding hydrogens is 180 g/mol. The molecule has 1 heterocycles. The third kappa shape index (κ3) is 1.78. The molecule has 4 heteroatoms. The molecule has 0 saturated carbocycles. The minimum absolute atomic E-state index is 0.0425. The Kier molecular flexibility index (Phi) is 2.52. The van der Waals surface area contributed by atoms with Crippen molar-refractivity contribution in [1.29, 1.82) is 0 Å². The lowest BCUT2D eigenvalue weighted by molar-refractivity contribution is -0.143. The standard InChI is InChI=1S/C10H14N2O2/c13-9-7-12(10(14)6-11-9)8-4-2-1-3-5-8/h1-2,8H,3-7H2,(H,11,13). The number of amides is 2. The summed E-state index contributed by atoms with van der Waals surface area (Å²) < 4.78 is 0. The highest BCUT2D eigenvalue weighted by molar-refractivity contribution is 5.92. The first-order valence-electron chi connectivity index (χ1n) is 4.98. The Morgan fingerprint density at radius 2 is 2.21 bits per heavy atom. The fraction of sp³-hybridized carbons (Fsp3) is 0.600. The van der Waals surface area contributed by atoms with Crippen LogP contribution in [0.5, 0.6) is 0 Å². The lowest BCUT2D eigenvalue weighted by atomic mass is 9.99. The van der Waals surface area contributed by atoms with E-state index in [1.54, 1.807) is 4.90 Å². The van der Waals surface area contributed by atoms with Gasteiger partial charge in [-0.05, 0) is 19.3 Å². The van der Waals surface area contributed by atoms with E-state index in [-0.39, 0.29) is 30.9 Å². The molecular formula is C10H14N2O2. The predicted molar refractivity (Wildman–Crippen MR) is 51.5 cm³/mol. The molecule has 4 nitrogen and oxygen atoms in total. The van der Waals surface area contributed by atoms with Crippen molar-refractivity contribution in [2.24, 2.45) is 0 Å². The van der Waals surface area contributed by atoms with Gasteiger partial charge in [0.15, 0.2) is 0 Å². The number of nitrogens with zero attached hydrogens (tertiary/aromatic N) is 1. The van der Waals surface area contributed by atoms with Crippen LogP contribution >= 0.6 is 0 Å². The summed E-state index contributed by atoms with van der Waals surface area (Å²) in [7, 11) is 0. The van der Waals surface area contributed by atoms with Crippen LogP contribution in [0.2, 0.25) is 0 Å². The van der Waals surface area contributed by atoms with E-state index in [1.807, 2.05) is 0 Å². The monoisotopic (exact) mass is 194 g/mol. The van der Waals surface area contributed by atoms with Crippen LogP contribution in [0.3, 0.4) is 0 Å². The Hall–Kier alpha value is -1.32. The predicted octanol–water partition coefficient (Wildman–Crippen LogP) is 0.0535. The Morgan fingerprint density at radius 3 is 2.93 bits per heavy atom. The zero-order chi connectivity index (χ0) is 9.97. The van der Waals surface area contributed by atoms with Gasteiger partial charge < -0.3 is 10.2 Å². The molecule has 1 atom stereocenters. The van der Waals surface area contributed by atoms with Crippen LogP contribution in [0.4, 0.5) is 0 Å². The molecule has 1 aliphatic heterocycles. The van der Waals surface area contributed by atoms with Crippen molar-refractivity contribution in [2.45, 2.75) is 25.3 Å². The van der Waals surface area contributed by atoms with E-state index in [0.717, 1.165) is 19.3 Å². The summed E-state index contributed by atoms with van der Waals surface area (Å²) in [5.41, 5.74) is 0. The third-order valence-corrected chi connectivity index (χ3v) is 2.75. The van der Waals surface area contributed by atoms with E-state index < -0.39 is 0 Å². The summed E-state index contributed by atoms with van der Waals surface area (Å²) in [6, 6.07) is 0.235. The van der Waals surface area contributed by atoms with Crippen molar-refractivity contribution in [2.75, 3.05) is 13.1 Å². The summed E-state index contributed by atoms with van der Waals surface area (Å²) in [4.78, 5) is 24.4. The minimum atomic E-state index is -0.0425. The summed E-state index contributed by atoms with van der Waals surface area (Å²) in [6.45, 7) is 0.399. The molecule has 14 heavy (non-hydrogen) atoms. The quantitative estimate of drug-likeness (QED) is 0.600. The minimum Gasteiger partial charge on any atom is -0.345 e. The van der Waals surface area contributed by atoms with Gasteiger partial charge in [-0.3, -0.25) is 9.59 Å². The number of carbonyl (C=O) groups is 2. The van der Waals surface area contributed by atoms with E-state index in [4.69, 9.17) is 0 Å². The zero-order valence-electron chi connectivity index (χ0n) is 8.03. The molecule has 0 aromatic rings. The molecule has 0 spiro atoms. The van der Waals surface area contributed by atoms with Gasteiger partial charge in [0.25, 0.3) is 0 Å².